The first-order valence-corrected chi connectivity index (χ1v) is 8.90. The van der Waals surface area contributed by atoms with Gasteiger partial charge in [-0.3, -0.25) is 0 Å². The van der Waals surface area contributed by atoms with Crippen LogP contribution in [0, 0.1) is 0 Å². The number of aliphatic imine (C=N–C) groups is 1. The fourth-order valence-corrected chi connectivity index (χ4v) is 3.05. The number of guanidine groups is 1. The van der Waals surface area contributed by atoms with E-state index in [-0.39, 0.29) is 0 Å². The molecule has 0 spiro atoms. The maximum Gasteiger partial charge on any atom is 0.191 e. The maximum absolute atomic E-state index is 10.6. The third kappa shape index (κ3) is 4.97. The molecule has 2 aromatic rings. The summed E-state index contributed by atoms with van der Waals surface area (Å²) in [6.07, 6.45) is 0. The number of ether oxygens (including phenoxy) is 1. The van der Waals surface area contributed by atoms with E-state index in [0.29, 0.717) is 19.0 Å². The molecule has 0 aliphatic carbocycles. The van der Waals surface area contributed by atoms with Gasteiger partial charge in [0.1, 0.15) is 11.4 Å². The van der Waals surface area contributed by atoms with E-state index >= 15 is 0 Å². The Bertz CT molecular complexity index is 654. The maximum atomic E-state index is 10.6. The minimum absolute atomic E-state index is 0.376. The Morgan fingerprint density at radius 1 is 1.29 bits per heavy atom. The largest absolute Gasteiger partial charge is 0.496 e. The van der Waals surface area contributed by atoms with Crippen molar-refractivity contribution in [3.8, 4) is 5.75 Å². The highest BCUT2D eigenvalue weighted by Gasteiger charge is 2.23. The second-order valence-corrected chi connectivity index (χ2v) is 6.43. The summed E-state index contributed by atoms with van der Waals surface area (Å²) in [6.45, 7) is 5.43. The summed E-state index contributed by atoms with van der Waals surface area (Å²) in [6, 6.07) is 9.76. The summed E-state index contributed by atoms with van der Waals surface area (Å²) in [7, 11) is 1.66. The molecular weight excluding hydrogens is 322 g/mol. The molecule has 1 heterocycles. The van der Waals surface area contributed by atoms with Crippen LogP contribution in [0.3, 0.4) is 0 Å². The Labute approximate surface area is 147 Å². The van der Waals surface area contributed by atoms with Gasteiger partial charge >= 0.3 is 0 Å². The molecule has 24 heavy (non-hydrogen) atoms. The summed E-state index contributed by atoms with van der Waals surface area (Å²) in [5.41, 5.74) is 0.975. The molecule has 1 atom stereocenters. The number of hydrogen-bond donors (Lipinski definition) is 3. The van der Waals surface area contributed by atoms with Crippen molar-refractivity contribution in [3.63, 3.8) is 0 Å². The Balaban J connectivity index is 2.03. The minimum Gasteiger partial charge on any atom is -0.496 e. The van der Waals surface area contributed by atoms with Gasteiger partial charge in [-0.2, -0.15) is 11.3 Å². The number of rotatable bonds is 7. The van der Waals surface area contributed by atoms with Gasteiger partial charge in [-0.05, 0) is 42.3 Å². The molecule has 1 aromatic heterocycles. The fourth-order valence-electron chi connectivity index (χ4n) is 2.27. The van der Waals surface area contributed by atoms with Crippen LogP contribution in [-0.2, 0) is 12.1 Å². The van der Waals surface area contributed by atoms with Crippen LogP contribution in [0.15, 0.2) is 46.1 Å². The molecule has 3 N–H and O–H groups in total. The van der Waals surface area contributed by atoms with Crippen LogP contribution in [0.5, 0.6) is 5.75 Å². The van der Waals surface area contributed by atoms with E-state index in [4.69, 9.17) is 4.74 Å². The van der Waals surface area contributed by atoms with E-state index in [2.05, 4.69) is 15.6 Å². The van der Waals surface area contributed by atoms with Gasteiger partial charge in [0.15, 0.2) is 5.96 Å². The third-order valence-electron chi connectivity index (χ3n) is 3.69. The van der Waals surface area contributed by atoms with Crippen molar-refractivity contribution < 1.29 is 9.84 Å². The van der Waals surface area contributed by atoms with Gasteiger partial charge in [0.2, 0.25) is 0 Å². The van der Waals surface area contributed by atoms with Crippen LogP contribution in [-0.4, -0.2) is 31.3 Å². The molecule has 5 nitrogen and oxygen atoms in total. The molecule has 0 radical (unpaired) electrons. The van der Waals surface area contributed by atoms with Crippen LogP contribution < -0.4 is 15.4 Å². The molecule has 0 saturated carbocycles. The number of benzene rings is 1. The Kier molecular flexibility index (Phi) is 6.63. The van der Waals surface area contributed by atoms with Gasteiger partial charge in [0, 0.05) is 12.1 Å². The van der Waals surface area contributed by atoms with Crippen molar-refractivity contribution in [3.05, 3.63) is 52.2 Å². The normalized spacial score (nSPS) is 14.1. The zero-order valence-corrected chi connectivity index (χ0v) is 15.2. The molecule has 1 aromatic carbocycles. The summed E-state index contributed by atoms with van der Waals surface area (Å²) in [5, 5.41) is 20.9. The van der Waals surface area contributed by atoms with Crippen molar-refractivity contribution in [2.75, 3.05) is 20.2 Å². The molecule has 2 rings (SSSR count). The first-order chi connectivity index (χ1) is 11.6. The van der Waals surface area contributed by atoms with E-state index in [0.717, 1.165) is 23.4 Å². The van der Waals surface area contributed by atoms with E-state index in [1.807, 2.05) is 48.0 Å². The van der Waals surface area contributed by atoms with Crippen molar-refractivity contribution in [2.45, 2.75) is 26.0 Å². The van der Waals surface area contributed by atoms with Gasteiger partial charge in [-0.25, -0.2) is 4.99 Å². The number of nitrogens with one attached hydrogen (secondary N) is 2. The van der Waals surface area contributed by atoms with Gasteiger partial charge in [0.25, 0.3) is 0 Å². The highest BCUT2D eigenvalue weighted by molar-refractivity contribution is 7.08. The first kappa shape index (κ1) is 18.3. The van der Waals surface area contributed by atoms with E-state index in [1.54, 1.807) is 25.4 Å². The summed E-state index contributed by atoms with van der Waals surface area (Å²) in [5.74, 6) is 1.49. The molecular formula is C18H25N3O2S. The van der Waals surface area contributed by atoms with Crippen LogP contribution >= 0.6 is 11.3 Å². The predicted octanol–water partition coefficient (Wildman–Crippen LogP) is 2.72. The first-order valence-electron chi connectivity index (χ1n) is 7.96. The molecule has 0 fully saturated rings. The monoisotopic (exact) mass is 347 g/mol. The quantitative estimate of drug-likeness (QED) is 0.532. The molecule has 0 amide bonds. The number of methoxy groups -OCH3 is 1. The highest BCUT2D eigenvalue weighted by Crippen LogP contribution is 2.22. The fraction of sp³-hybridized carbons (Fsp3) is 0.389. The van der Waals surface area contributed by atoms with Crippen molar-refractivity contribution in [1.29, 1.82) is 0 Å². The second kappa shape index (κ2) is 8.70. The summed E-state index contributed by atoms with van der Waals surface area (Å²) in [4.78, 5) is 4.58. The van der Waals surface area contributed by atoms with Gasteiger partial charge in [0.05, 0.1) is 20.2 Å². The van der Waals surface area contributed by atoms with Crippen LogP contribution in [0.4, 0.5) is 0 Å². The van der Waals surface area contributed by atoms with Crippen molar-refractivity contribution in [1.82, 2.24) is 10.6 Å². The molecule has 1 unspecified atom stereocenters. The molecule has 0 aliphatic heterocycles. The third-order valence-corrected chi connectivity index (χ3v) is 4.37. The van der Waals surface area contributed by atoms with E-state index in [1.165, 1.54) is 0 Å². The Morgan fingerprint density at radius 3 is 2.75 bits per heavy atom. The van der Waals surface area contributed by atoms with Crippen LogP contribution in [0.2, 0.25) is 0 Å². The number of hydrogen-bond acceptors (Lipinski definition) is 4. The topological polar surface area (TPSA) is 65.9 Å². The van der Waals surface area contributed by atoms with E-state index < -0.39 is 5.60 Å². The molecule has 6 heteroatoms. The van der Waals surface area contributed by atoms with Crippen molar-refractivity contribution in [2.24, 2.45) is 4.99 Å². The average Bonchev–Trinajstić information content (AvgIpc) is 3.13. The average molecular weight is 347 g/mol. The number of aliphatic hydroxyl groups is 1. The smallest absolute Gasteiger partial charge is 0.191 e. The number of thiophene rings is 1. The van der Waals surface area contributed by atoms with Crippen LogP contribution in [0.1, 0.15) is 25.0 Å². The lowest BCUT2D eigenvalue weighted by atomic mass is 9.99. The zero-order valence-electron chi connectivity index (χ0n) is 14.4. The lowest BCUT2D eigenvalue weighted by Gasteiger charge is -2.24. The molecule has 0 saturated heterocycles. The van der Waals surface area contributed by atoms with E-state index in [9.17, 15) is 5.11 Å². The van der Waals surface area contributed by atoms with Gasteiger partial charge in [-0.1, -0.05) is 18.2 Å². The van der Waals surface area contributed by atoms with Gasteiger partial charge in [-0.15, -0.1) is 0 Å². The van der Waals surface area contributed by atoms with Crippen LogP contribution in [0.25, 0.3) is 0 Å². The Morgan fingerprint density at radius 2 is 2.08 bits per heavy atom. The number of para-hydroxylation sites is 1. The minimum atomic E-state index is -0.944. The molecule has 0 aliphatic rings. The lowest BCUT2D eigenvalue weighted by molar-refractivity contribution is 0.0621. The summed E-state index contributed by atoms with van der Waals surface area (Å²) >= 11 is 1.58. The molecule has 130 valence electrons. The lowest BCUT2D eigenvalue weighted by Crippen LogP contribution is -2.44. The highest BCUT2D eigenvalue weighted by atomic mass is 32.1. The predicted molar refractivity (Wildman–Crippen MR) is 99.7 cm³/mol. The number of nitrogens with zero attached hydrogens (tertiary/aromatic N) is 1. The SMILES string of the molecule is CCNC(=NCc1ccccc1OC)NCC(C)(O)c1ccsc1. The standard InChI is InChI=1S/C18H25N3O2S/c1-4-19-17(20-11-14-7-5-6-8-16(14)23-3)21-13-18(2,22)15-9-10-24-12-15/h5-10,12,22H,4,11,13H2,1-3H3,(H2,19,20,21). The zero-order chi connectivity index (χ0) is 17.4. The Hall–Kier alpha value is -2.05. The summed E-state index contributed by atoms with van der Waals surface area (Å²) < 4.78 is 5.35. The molecule has 0 bridgehead atoms. The second-order valence-electron chi connectivity index (χ2n) is 5.65. The van der Waals surface area contributed by atoms with Gasteiger partial charge < -0.3 is 20.5 Å². The van der Waals surface area contributed by atoms with Crippen molar-refractivity contribution >= 4 is 17.3 Å².